The van der Waals surface area contributed by atoms with Crippen LogP contribution in [-0.4, -0.2) is 22.0 Å². The summed E-state index contributed by atoms with van der Waals surface area (Å²) in [5, 5.41) is 2.88. The van der Waals surface area contributed by atoms with Crippen LogP contribution < -0.4 is 0 Å². The second-order valence-corrected chi connectivity index (χ2v) is 10.3. The minimum atomic E-state index is -0.374. The van der Waals surface area contributed by atoms with Gasteiger partial charge in [0, 0.05) is 0 Å². The molecule has 0 aromatic heterocycles. The highest BCUT2D eigenvalue weighted by molar-refractivity contribution is 8.34. The van der Waals surface area contributed by atoms with Gasteiger partial charge in [0.15, 0.2) is 0 Å². The summed E-state index contributed by atoms with van der Waals surface area (Å²) in [6, 6.07) is 0. The van der Waals surface area contributed by atoms with Crippen molar-refractivity contribution >= 4 is 10.0 Å². The van der Waals surface area contributed by atoms with Crippen molar-refractivity contribution in [3.63, 3.8) is 0 Å². The number of hydrogen-bond acceptors (Lipinski definition) is 0. The average Bonchev–Trinajstić information content (AvgIpc) is 2.17. The average molecular weight is 216 g/mol. The fourth-order valence-electron chi connectivity index (χ4n) is 2.89. The maximum Gasteiger partial charge on any atom is -0.0110 e. The standard InChI is InChI=1S/C13H28S/c1-11(2)14(5,12(3)4)13-9-7-6-8-10-13/h11-13H,6-10H2,1-5H3. The molecule has 0 aromatic carbocycles. The first-order chi connectivity index (χ1) is 6.49. The Kier molecular flexibility index (Phi) is 4.36. The second kappa shape index (κ2) is 4.92. The van der Waals surface area contributed by atoms with Gasteiger partial charge in [-0.15, -0.1) is 0 Å². The maximum atomic E-state index is 2.61. The van der Waals surface area contributed by atoms with Gasteiger partial charge in [-0.05, 0) is 34.8 Å². The Balaban J connectivity index is 2.75. The van der Waals surface area contributed by atoms with Crippen LogP contribution >= 0.6 is 10.0 Å². The molecule has 0 unspecified atom stereocenters. The highest BCUT2D eigenvalue weighted by Crippen LogP contribution is 2.60. The molecule has 0 atom stereocenters. The molecular formula is C13H28S. The van der Waals surface area contributed by atoms with Gasteiger partial charge in [-0.2, -0.15) is 0 Å². The van der Waals surface area contributed by atoms with Gasteiger partial charge >= 0.3 is 0 Å². The lowest BCUT2D eigenvalue weighted by atomic mass is 10.0. The third-order valence-electron chi connectivity index (χ3n) is 4.30. The summed E-state index contributed by atoms with van der Waals surface area (Å²) in [5.74, 6) is 0. The molecule has 0 spiro atoms. The molecule has 1 aliphatic rings. The fourth-order valence-corrected chi connectivity index (χ4v) is 6.86. The fraction of sp³-hybridized carbons (Fsp3) is 1.00. The van der Waals surface area contributed by atoms with E-state index in [1.54, 1.807) is 0 Å². The Labute approximate surface area is 92.2 Å². The van der Waals surface area contributed by atoms with Gasteiger partial charge < -0.3 is 0 Å². The van der Waals surface area contributed by atoms with Crippen LogP contribution in [0.2, 0.25) is 0 Å². The van der Waals surface area contributed by atoms with Crippen molar-refractivity contribution in [2.24, 2.45) is 0 Å². The second-order valence-electron chi connectivity index (χ2n) is 5.47. The van der Waals surface area contributed by atoms with Crippen LogP contribution in [0.15, 0.2) is 0 Å². The molecule has 0 heterocycles. The Bertz CT molecular complexity index is 158. The first-order valence-corrected chi connectivity index (χ1v) is 8.47. The Hall–Kier alpha value is 0.350. The zero-order chi connectivity index (χ0) is 10.8. The summed E-state index contributed by atoms with van der Waals surface area (Å²) >= 11 is 0. The number of rotatable bonds is 3. The molecule has 1 heteroatoms. The smallest absolute Gasteiger partial charge is 0.0110 e. The summed E-state index contributed by atoms with van der Waals surface area (Å²) in [6.07, 6.45) is 10.1. The third-order valence-corrected chi connectivity index (χ3v) is 10.3. The molecule has 1 rings (SSSR count). The van der Waals surface area contributed by atoms with Gasteiger partial charge in [0.1, 0.15) is 0 Å². The van der Waals surface area contributed by atoms with E-state index in [9.17, 15) is 0 Å². The zero-order valence-corrected chi connectivity index (χ0v) is 11.5. The molecule has 0 bridgehead atoms. The zero-order valence-electron chi connectivity index (χ0n) is 10.7. The maximum absolute atomic E-state index is 2.61. The van der Waals surface area contributed by atoms with Crippen molar-refractivity contribution in [1.82, 2.24) is 0 Å². The molecule has 0 N–H and O–H groups in total. The molecule has 0 radical (unpaired) electrons. The molecule has 0 aromatic rings. The van der Waals surface area contributed by atoms with E-state index in [2.05, 4.69) is 34.0 Å². The van der Waals surface area contributed by atoms with E-state index in [1.165, 1.54) is 32.1 Å². The van der Waals surface area contributed by atoms with Gasteiger partial charge in [-0.1, -0.05) is 47.0 Å². The molecule has 1 saturated carbocycles. The van der Waals surface area contributed by atoms with Crippen molar-refractivity contribution in [3.05, 3.63) is 0 Å². The quantitative estimate of drug-likeness (QED) is 0.648. The SMILES string of the molecule is CC(C)S(C)(C(C)C)C1CCCCC1. The van der Waals surface area contributed by atoms with Crippen LogP contribution in [0.1, 0.15) is 59.8 Å². The minimum Gasteiger partial charge on any atom is -0.236 e. The van der Waals surface area contributed by atoms with E-state index in [4.69, 9.17) is 0 Å². The van der Waals surface area contributed by atoms with E-state index in [-0.39, 0.29) is 10.0 Å². The minimum absolute atomic E-state index is 0.374. The molecule has 1 fully saturated rings. The van der Waals surface area contributed by atoms with Gasteiger partial charge in [0.05, 0.1) is 0 Å². The predicted molar refractivity (Wildman–Crippen MR) is 70.7 cm³/mol. The highest BCUT2D eigenvalue weighted by Gasteiger charge is 2.35. The molecular weight excluding hydrogens is 188 g/mol. The van der Waals surface area contributed by atoms with Crippen LogP contribution in [0.5, 0.6) is 0 Å². The lowest BCUT2D eigenvalue weighted by Gasteiger charge is -2.52. The lowest BCUT2D eigenvalue weighted by Crippen LogP contribution is -2.32. The molecule has 0 nitrogen and oxygen atoms in total. The van der Waals surface area contributed by atoms with E-state index in [0.717, 1.165) is 15.7 Å². The summed E-state index contributed by atoms with van der Waals surface area (Å²) in [4.78, 5) is 0. The molecule has 14 heavy (non-hydrogen) atoms. The highest BCUT2D eigenvalue weighted by atomic mass is 32.3. The van der Waals surface area contributed by atoms with Crippen LogP contribution in [0, 0.1) is 0 Å². The van der Waals surface area contributed by atoms with Gasteiger partial charge in [-0.25, -0.2) is 10.0 Å². The van der Waals surface area contributed by atoms with Crippen molar-refractivity contribution in [2.45, 2.75) is 75.5 Å². The van der Waals surface area contributed by atoms with E-state index >= 15 is 0 Å². The summed E-state index contributed by atoms with van der Waals surface area (Å²) in [7, 11) is -0.374. The van der Waals surface area contributed by atoms with Crippen molar-refractivity contribution < 1.29 is 0 Å². The summed E-state index contributed by atoms with van der Waals surface area (Å²) < 4.78 is 0. The monoisotopic (exact) mass is 216 g/mol. The number of hydrogen-bond donors (Lipinski definition) is 0. The van der Waals surface area contributed by atoms with Crippen molar-refractivity contribution in [2.75, 3.05) is 6.26 Å². The largest absolute Gasteiger partial charge is 0.236 e. The van der Waals surface area contributed by atoms with Crippen molar-refractivity contribution in [1.29, 1.82) is 0 Å². The predicted octanol–water partition coefficient (Wildman–Crippen LogP) is 4.57. The lowest BCUT2D eigenvalue weighted by molar-refractivity contribution is 0.509. The molecule has 0 amide bonds. The first kappa shape index (κ1) is 12.4. The Morgan fingerprint density at radius 3 is 1.64 bits per heavy atom. The molecule has 1 aliphatic carbocycles. The van der Waals surface area contributed by atoms with Gasteiger partial charge in [0.2, 0.25) is 0 Å². The normalized spacial score (nSPS) is 21.9. The van der Waals surface area contributed by atoms with E-state index < -0.39 is 0 Å². The van der Waals surface area contributed by atoms with Crippen LogP contribution in [0.4, 0.5) is 0 Å². The molecule has 0 aliphatic heterocycles. The first-order valence-electron chi connectivity index (χ1n) is 6.24. The third kappa shape index (κ3) is 2.29. The topological polar surface area (TPSA) is 0 Å². The van der Waals surface area contributed by atoms with E-state index in [1.807, 2.05) is 0 Å². The Morgan fingerprint density at radius 1 is 0.857 bits per heavy atom. The van der Waals surface area contributed by atoms with Crippen LogP contribution in [-0.2, 0) is 0 Å². The van der Waals surface area contributed by atoms with Crippen molar-refractivity contribution in [3.8, 4) is 0 Å². The summed E-state index contributed by atoms with van der Waals surface area (Å²) in [5.41, 5.74) is 0. The van der Waals surface area contributed by atoms with Gasteiger partial charge in [-0.3, -0.25) is 0 Å². The molecule has 0 saturated heterocycles. The van der Waals surface area contributed by atoms with E-state index in [0.29, 0.717) is 0 Å². The summed E-state index contributed by atoms with van der Waals surface area (Å²) in [6.45, 7) is 9.79. The van der Waals surface area contributed by atoms with Gasteiger partial charge in [0.25, 0.3) is 0 Å². The Morgan fingerprint density at radius 2 is 1.29 bits per heavy atom. The van der Waals surface area contributed by atoms with Crippen LogP contribution in [0.3, 0.4) is 0 Å². The van der Waals surface area contributed by atoms with Crippen LogP contribution in [0.25, 0.3) is 0 Å². The molecule has 86 valence electrons.